The number of nitrogens with two attached hydrogens (primary N) is 1. The first-order chi connectivity index (χ1) is 4.18. The molecule has 0 amide bonds. The van der Waals surface area contributed by atoms with Crippen LogP contribution in [-0.2, 0) is 4.74 Å². The first-order valence-electron chi connectivity index (χ1n) is 2.98. The van der Waals surface area contributed by atoms with Crippen LogP contribution in [0.2, 0.25) is 0 Å². The fourth-order valence-corrected chi connectivity index (χ4v) is 1.21. The summed E-state index contributed by atoms with van der Waals surface area (Å²) in [5.41, 5.74) is 5.57. The zero-order valence-corrected chi connectivity index (χ0v) is 6.06. The highest BCUT2D eigenvalue weighted by Crippen LogP contribution is 2.17. The first-order valence-corrected chi connectivity index (χ1v) is 3.36. The molecule has 1 aliphatic rings. The van der Waals surface area contributed by atoms with Crippen LogP contribution in [0.5, 0.6) is 0 Å². The summed E-state index contributed by atoms with van der Waals surface area (Å²) in [5.74, 6) is 0. The predicted molar refractivity (Wildman–Crippen MR) is 37.1 cm³/mol. The third-order valence-corrected chi connectivity index (χ3v) is 1.48. The average Bonchev–Trinajstić information content (AvgIpc) is 1.59. The molecule has 1 heterocycles. The lowest BCUT2D eigenvalue weighted by molar-refractivity contribution is 0.124. The van der Waals surface area contributed by atoms with Gasteiger partial charge in [0, 0.05) is 12.5 Å². The van der Waals surface area contributed by atoms with E-state index in [-0.39, 0.29) is 12.1 Å². The van der Waals surface area contributed by atoms with Crippen molar-refractivity contribution in [3.63, 3.8) is 0 Å². The molecular formula is C6H10ClNO. The van der Waals surface area contributed by atoms with Crippen LogP contribution in [0.4, 0.5) is 0 Å². The summed E-state index contributed by atoms with van der Waals surface area (Å²) in [6, 6.07) is 0.0706. The summed E-state index contributed by atoms with van der Waals surface area (Å²) in [6.45, 7) is 1.95. The van der Waals surface area contributed by atoms with Gasteiger partial charge in [-0.1, -0.05) is 0 Å². The second-order valence-electron chi connectivity index (χ2n) is 2.30. The molecule has 1 aliphatic heterocycles. The summed E-state index contributed by atoms with van der Waals surface area (Å²) < 4.78 is 5.10. The molecule has 0 radical (unpaired) electrons. The molecule has 2 atom stereocenters. The maximum absolute atomic E-state index is 5.57. The Hall–Kier alpha value is -0.210. The molecule has 2 nitrogen and oxygen atoms in total. The van der Waals surface area contributed by atoms with Gasteiger partial charge >= 0.3 is 0 Å². The van der Waals surface area contributed by atoms with Gasteiger partial charge in [0.2, 0.25) is 0 Å². The lowest BCUT2D eigenvalue weighted by Crippen LogP contribution is -2.28. The summed E-state index contributed by atoms with van der Waals surface area (Å²) in [7, 11) is 0. The van der Waals surface area contributed by atoms with Gasteiger partial charge in [0.1, 0.15) is 0 Å². The molecule has 0 fully saturated rings. The van der Waals surface area contributed by atoms with E-state index in [1.807, 2.05) is 6.92 Å². The van der Waals surface area contributed by atoms with Crippen LogP contribution in [0.3, 0.4) is 0 Å². The minimum Gasteiger partial charge on any atom is -0.480 e. The third-order valence-electron chi connectivity index (χ3n) is 1.26. The van der Waals surface area contributed by atoms with Crippen LogP contribution in [-0.4, -0.2) is 12.1 Å². The maximum atomic E-state index is 5.57. The molecule has 2 N–H and O–H groups in total. The molecule has 3 heteroatoms. The molecular weight excluding hydrogens is 138 g/mol. The molecule has 52 valence electrons. The van der Waals surface area contributed by atoms with Gasteiger partial charge in [0.05, 0.1) is 6.10 Å². The van der Waals surface area contributed by atoms with Gasteiger partial charge in [0.25, 0.3) is 0 Å². The highest BCUT2D eigenvalue weighted by molar-refractivity contribution is 6.28. The van der Waals surface area contributed by atoms with E-state index in [0.717, 1.165) is 6.42 Å². The Bertz CT molecular complexity index is 135. The van der Waals surface area contributed by atoms with Crippen molar-refractivity contribution in [3.05, 3.63) is 11.3 Å². The molecule has 0 spiro atoms. The minimum absolute atomic E-state index is 0.0706. The van der Waals surface area contributed by atoms with E-state index in [1.54, 1.807) is 6.08 Å². The summed E-state index contributed by atoms with van der Waals surface area (Å²) in [4.78, 5) is 0. The van der Waals surface area contributed by atoms with Gasteiger partial charge in [-0.25, -0.2) is 0 Å². The van der Waals surface area contributed by atoms with Crippen molar-refractivity contribution in [2.24, 2.45) is 5.73 Å². The second-order valence-corrected chi connectivity index (χ2v) is 2.67. The van der Waals surface area contributed by atoms with Crippen molar-refractivity contribution in [2.75, 3.05) is 0 Å². The molecule has 0 saturated heterocycles. The van der Waals surface area contributed by atoms with Gasteiger partial charge in [-0.05, 0) is 24.6 Å². The molecule has 0 bridgehead atoms. The Morgan fingerprint density at radius 2 is 2.56 bits per heavy atom. The van der Waals surface area contributed by atoms with Gasteiger partial charge in [-0.15, -0.1) is 0 Å². The Morgan fingerprint density at radius 1 is 1.89 bits per heavy atom. The van der Waals surface area contributed by atoms with Crippen molar-refractivity contribution < 1.29 is 4.74 Å². The average molecular weight is 148 g/mol. The zero-order valence-electron chi connectivity index (χ0n) is 5.30. The molecule has 0 saturated carbocycles. The number of ether oxygens (including phenoxy) is 1. The molecule has 0 aromatic heterocycles. The second kappa shape index (κ2) is 2.58. The van der Waals surface area contributed by atoms with Crippen molar-refractivity contribution in [3.8, 4) is 0 Å². The van der Waals surface area contributed by atoms with E-state index in [2.05, 4.69) is 0 Å². The summed E-state index contributed by atoms with van der Waals surface area (Å²) in [6.07, 6.45) is 2.75. The fraction of sp³-hybridized carbons (Fsp3) is 0.667. The summed E-state index contributed by atoms with van der Waals surface area (Å²) in [5, 5.41) is 0.432. The van der Waals surface area contributed by atoms with E-state index >= 15 is 0 Å². The number of hydrogen-bond acceptors (Lipinski definition) is 2. The van der Waals surface area contributed by atoms with Crippen molar-refractivity contribution in [1.29, 1.82) is 0 Å². The van der Waals surface area contributed by atoms with Crippen LogP contribution in [0.1, 0.15) is 13.3 Å². The zero-order chi connectivity index (χ0) is 6.85. The lowest BCUT2D eigenvalue weighted by atomic mass is 10.1. The fourth-order valence-electron chi connectivity index (χ4n) is 0.899. The Kier molecular flexibility index (Phi) is 1.98. The maximum Gasteiger partial charge on any atom is 0.184 e. The van der Waals surface area contributed by atoms with Crippen molar-refractivity contribution >= 4 is 11.6 Å². The number of rotatable bonds is 0. The third kappa shape index (κ3) is 1.88. The molecule has 0 aliphatic carbocycles. The Morgan fingerprint density at radius 3 is 3.00 bits per heavy atom. The van der Waals surface area contributed by atoms with Crippen LogP contribution >= 0.6 is 11.6 Å². The van der Waals surface area contributed by atoms with E-state index in [4.69, 9.17) is 22.1 Å². The standard InChI is InChI=1S/C6H10ClNO/c1-4-2-5(8)3-6(7)9-4/h3-5H,2,8H2,1H3. The van der Waals surface area contributed by atoms with E-state index < -0.39 is 0 Å². The predicted octanol–water partition coefficient (Wildman–Crippen LogP) is 1.20. The number of hydrogen-bond donors (Lipinski definition) is 1. The first kappa shape index (κ1) is 6.90. The molecule has 1 rings (SSSR count). The van der Waals surface area contributed by atoms with Gasteiger partial charge in [-0.2, -0.15) is 0 Å². The van der Waals surface area contributed by atoms with E-state index in [1.165, 1.54) is 0 Å². The van der Waals surface area contributed by atoms with E-state index in [0.29, 0.717) is 5.22 Å². The molecule has 2 unspecified atom stereocenters. The topological polar surface area (TPSA) is 35.2 Å². The van der Waals surface area contributed by atoms with Gasteiger partial charge in [0.15, 0.2) is 5.22 Å². The van der Waals surface area contributed by atoms with Crippen LogP contribution in [0.15, 0.2) is 11.3 Å². The minimum atomic E-state index is 0.0706. The lowest BCUT2D eigenvalue weighted by Gasteiger charge is -2.21. The van der Waals surface area contributed by atoms with E-state index in [9.17, 15) is 0 Å². The van der Waals surface area contributed by atoms with Gasteiger partial charge < -0.3 is 10.5 Å². The molecule has 9 heavy (non-hydrogen) atoms. The SMILES string of the molecule is CC1CC(N)C=C(Cl)O1. The van der Waals surface area contributed by atoms with Crippen molar-refractivity contribution in [2.45, 2.75) is 25.5 Å². The largest absolute Gasteiger partial charge is 0.480 e. The monoisotopic (exact) mass is 147 g/mol. The molecule has 0 aromatic carbocycles. The Labute approximate surface area is 59.6 Å². The highest BCUT2D eigenvalue weighted by Gasteiger charge is 2.15. The highest BCUT2D eigenvalue weighted by atomic mass is 35.5. The normalized spacial score (nSPS) is 35.2. The smallest absolute Gasteiger partial charge is 0.184 e. The van der Waals surface area contributed by atoms with Crippen LogP contribution < -0.4 is 5.73 Å². The quantitative estimate of drug-likeness (QED) is 0.559. The van der Waals surface area contributed by atoms with Crippen LogP contribution in [0, 0.1) is 0 Å². The van der Waals surface area contributed by atoms with Crippen molar-refractivity contribution in [1.82, 2.24) is 0 Å². The molecule has 0 aromatic rings. The Balaban J connectivity index is 2.56. The summed E-state index contributed by atoms with van der Waals surface area (Å²) >= 11 is 5.57. The number of halogens is 1. The van der Waals surface area contributed by atoms with Gasteiger partial charge in [-0.3, -0.25) is 0 Å². The van der Waals surface area contributed by atoms with Crippen LogP contribution in [0.25, 0.3) is 0 Å².